The number of aromatic nitrogens is 2. The maximum atomic E-state index is 11.2. The Bertz CT molecular complexity index is 1550. The molecule has 3 rings (SSSR count). The van der Waals surface area contributed by atoms with E-state index in [0.29, 0.717) is 28.6 Å². The standard InChI is InChI=1S/C11H10N2O4.C9H10N2O4.C4F6O3/c1-6-12-10(13-17-6)7-3-4-9(16-2)8(5-7)11(14)15;1-15-7-3-2-5(8(10)11-14)4-6(7)9(12)13;5-3(6,7)1(11)13-2(12)4(8,9)10/h3-5H,1-2H3,(H,14,15);2-4,14H,1H3,(H2,10,11)(H,12,13);. The number of oxime groups is 1. The van der Waals surface area contributed by atoms with Crippen LogP contribution in [0.25, 0.3) is 11.4 Å². The lowest BCUT2D eigenvalue weighted by atomic mass is 10.1. The molecule has 0 atom stereocenters. The molecule has 2 aromatic carbocycles. The Hall–Kier alpha value is -5.89. The number of esters is 2. The van der Waals surface area contributed by atoms with Crippen molar-refractivity contribution in [1.29, 1.82) is 0 Å². The average Bonchev–Trinajstić information content (AvgIpc) is 3.41. The fraction of sp³-hybridized carbons (Fsp3) is 0.208. The molecule has 1 aromatic heterocycles. The normalized spacial score (nSPS) is 11.2. The number of hydrogen-bond acceptors (Lipinski definition) is 12. The highest BCUT2D eigenvalue weighted by molar-refractivity contribution is 6.00. The number of rotatable bonds is 6. The Kier molecular flexibility index (Phi) is 12.8. The van der Waals surface area contributed by atoms with Gasteiger partial charge in [0.15, 0.2) is 5.84 Å². The summed E-state index contributed by atoms with van der Waals surface area (Å²) in [6, 6.07) is 8.90. The van der Waals surface area contributed by atoms with Gasteiger partial charge in [-0.25, -0.2) is 19.2 Å². The summed E-state index contributed by atoms with van der Waals surface area (Å²) in [7, 11) is 2.78. The second kappa shape index (κ2) is 15.5. The van der Waals surface area contributed by atoms with Gasteiger partial charge in [-0.1, -0.05) is 10.3 Å². The van der Waals surface area contributed by atoms with Crippen LogP contribution < -0.4 is 15.2 Å². The SMILES string of the molecule is COc1ccc(-c2noc(C)n2)cc1C(=O)O.COc1ccc(/C(N)=N/O)cc1C(=O)O.O=C(OC(=O)C(F)(F)F)C(F)(F)F. The number of alkyl halides is 6. The molecule has 5 N–H and O–H groups in total. The summed E-state index contributed by atoms with van der Waals surface area (Å²) in [6.45, 7) is 1.66. The molecule has 0 bridgehead atoms. The van der Waals surface area contributed by atoms with Crippen LogP contribution in [0.5, 0.6) is 11.5 Å². The number of aryl methyl sites for hydroxylation is 1. The summed E-state index contributed by atoms with van der Waals surface area (Å²) in [5.41, 5.74) is 6.23. The van der Waals surface area contributed by atoms with Gasteiger partial charge in [0.25, 0.3) is 0 Å². The fourth-order valence-corrected chi connectivity index (χ4v) is 2.72. The highest BCUT2D eigenvalue weighted by Gasteiger charge is 2.49. The van der Waals surface area contributed by atoms with Crippen LogP contribution in [0.15, 0.2) is 46.1 Å². The number of aromatic carboxylic acids is 2. The minimum Gasteiger partial charge on any atom is -0.496 e. The van der Waals surface area contributed by atoms with E-state index in [1.54, 1.807) is 19.1 Å². The summed E-state index contributed by atoms with van der Waals surface area (Å²) in [5.74, 6) is -7.47. The largest absolute Gasteiger partial charge is 0.496 e. The van der Waals surface area contributed by atoms with Crippen molar-refractivity contribution in [3.05, 3.63) is 59.0 Å². The number of nitrogens with two attached hydrogens (primary N) is 1. The molecule has 0 spiro atoms. The quantitative estimate of drug-likeness (QED) is 0.0567. The van der Waals surface area contributed by atoms with Crippen molar-refractivity contribution in [2.24, 2.45) is 10.9 Å². The van der Waals surface area contributed by atoms with E-state index in [9.17, 15) is 45.5 Å². The minimum atomic E-state index is -5.62. The zero-order valence-electron chi connectivity index (χ0n) is 22.8. The molecule has 0 amide bonds. The molecule has 21 heteroatoms. The third-order valence-corrected chi connectivity index (χ3v) is 4.70. The van der Waals surface area contributed by atoms with Gasteiger partial charge in [-0.2, -0.15) is 31.3 Å². The van der Waals surface area contributed by atoms with Crippen LogP contribution in [0.1, 0.15) is 32.2 Å². The van der Waals surface area contributed by atoms with E-state index < -0.39 is 36.2 Å². The molecule has 3 aromatic rings. The second-order valence-electron chi connectivity index (χ2n) is 7.74. The average molecular weight is 654 g/mol. The molecule has 0 saturated carbocycles. The van der Waals surface area contributed by atoms with Gasteiger partial charge in [0, 0.05) is 18.1 Å². The van der Waals surface area contributed by atoms with Crippen molar-refractivity contribution in [3.8, 4) is 22.9 Å². The molecule has 0 unspecified atom stereocenters. The molecule has 244 valence electrons. The molecule has 0 aliphatic carbocycles. The van der Waals surface area contributed by atoms with Gasteiger partial charge in [0.2, 0.25) is 11.7 Å². The lowest BCUT2D eigenvalue weighted by Crippen LogP contribution is -2.34. The molecule has 0 aliphatic heterocycles. The number of carbonyl (C=O) groups excluding carboxylic acids is 2. The van der Waals surface area contributed by atoms with Gasteiger partial charge in [-0.05, 0) is 36.4 Å². The van der Waals surface area contributed by atoms with E-state index >= 15 is 0 Å². The summed E-state index contributed by atoms with van der Waals surface area (Å²) >= 11 is 0. The molecular weight excluding hydrogens is 634 g/mol. The van der Waals surface area contributed by atoms with Gasteiger partial charge in [0.05, 0.1) is 14.2 Å². The first-order valence-electron chi connectivity index (χ1n) is 11.3. The maximum absolute atomic E-state index is 11.2. The Morgan fingerprint density at radius 3 is 1.69 bits per heavy atom. The van der Waals surface area contributed by atoms with Gasteiger partial charge in [-0.3, -0.25) is 0 Å². The van der Waals surface area contributed by atoms with E-state index in [1.165, 1.54) is 38.5 Å². The molecule has 0 aliphatic rings. The molecule has 45 heavy (non-hydrogen) atoms. The Morgan fingerprint density at radius 1 is 0.844 bits per heavy atom. The topological polar surface area (TPSA) is 234 Å². The number of nitrogens with zero attached hydrogens (tertiary/aromatic N) is 3. The van der Waals surface area contributed by atoms with Crippen LogP contribution in [0.2, 0.25) is 0 Å². The number of methoxy groups -OCH3 is 2. The lowest BCUT2D eigenvalue weighted by Gasteiger charge is -2.06. The molecule has 1 heterocycles. The number of carbonyl (C=O) groups is 4. The third kappa shape index (κ3) is 11.0. The second-order valence-corrected chi connectivity index (χ2v) is 7.74. The minimum absolute atomic E-state index is 0.0402. The molecule has 0 radical (unpaired) electrons. The molecule has 0 fully saturated rings. The number of carboxylic acid groups (broad SMARTS) is 2. The van der Waals surface area contributed by atoms with Crippen LogP contribution in [-0.2, 0) is 14.3 Å². The first-order chi connectivity index (χ1) is 20.8. The highest BCUT2D eigenvalue weighted by Crippen LogP contribution is 2.25. The monoisotopic (exact) mass is 654 g/mol. The number of carboxylic acids is 2. The van der Waals surface area contributed by atoms with Crippen molar-refractivity contribution >= 4 is 29.7 Å². The van der Waals surface area contributed by atoms with Gasteiger partial charge >= 0.3 is 36.2 Å². The number of ether oxygens (including phenoxy) is 3. The molecule has 15 nitrogen and oxygen atoms in total. The summed E-state index contributed by atoms with van der Waals surface area (Å²) in [6.07, 6.45) is -11.2. The van der Waals surface area contributed by atoms with E-state index in [0.717, 1.165) is 0 Å². The van der Waals surface area contributed by atoms with Crippen LogP contribution >= 0.6 is 0 Å². The summed E-state index contributed by atoms with van der Waals surface area (Å²) in [5, 5.41) is 32.8. The predicted molar refractivity (Wildman–Crippen MR) is 134 cm³/mol. The fourth-order valence-electron chi connectivity index (χ4n) is 2.72. The van der Waals surface area contributed by atoms with E-state index in [1.807, 2.05) is 0 Å². The zero-order valence-corrected chi connectivity index (χ0v) is 22.8. The first kappa shape index (κ1) is 37.1. The number of hydrogen-bond donors (Lipinski definition) is 4. The number of amidine groups is 1. The maximum Gasteiger partial charge on any atom is 0.491 e. The van der Waals surface area contributed by atoms with Crippen molar-refractivity contribution in [2.45, 2.75) is 19.3 Å². The van der Waals surface area contributed by atoms with Crippen LogP contribution in [0.3, 0.4) is 0 Å². The van der Waals surface area contributed by atoms with Crippen molar-refractivity contribution in [2.75, 3.05) is 14.2 Å². The van der Waals surface area contributed by atoms with Crippen LogP contribution in [-0.4, -0.2) is 81.8 Å². The molecular formula is C24H20F6N4O11. The van der Waals surface area contributed by atoms with Crippen molar-refractivity contribution < 1.29 is 79.7 Å². The summed E-state index contributed by atoms with van der Waals surface area (Å²) in [4.78, 5) is 45.2. The lowest BCUT2D eigenvalue weighted by molar-refractivity contribution is -0.221. The Morgan fingerprint density at radius 2 is 1.31 bits per heavy atom. The number of benzene rings is 2. The smallest absolute Gasteiger partial charge is 0.491 e. The zero-order chi connectivity index (χ0) is 34.7. The van der Waals surface area contributed by atoms with E-state index in [4.69, 9.17) is 35.2 Å². The van der Waals surface area contributed by atoms with Crippen LogP contribution in [0.4, 0.5) is 26.3 Å². The first-order valence-corrected chi connectivity index (χ1v) is 11.3. The van der Waals surface area contributed by atoms with Gasteiger partial charge in [0.1, 0.15) is 22.6 Å². The van der Waals surface area contributed by atoms with E-state index in [2.05, 4.69) is 20.0 Å². The van der Waals surface area contributed by atoms with E-state index in [-0.39, 0.29) is 22.7 Å². The highest BCUT2D eigenvalue weighted by atomic mass is 19.4. The Balaban J connectivity index is 0.000000342. The van der Waals surface area contributed by atoms with Crippen molar-refractivity contribution in [3.63, 3.8) is 0 Å². The van der Waals surface area contributed by atoms with Crippen molar-refractivity contribution in [1.82, 2.24) is 10.1 Å². The van der Waals surface area contributed by atoms with Gasteiger partial charge in [-0.15, -0.1) is 0 Å². The van der Waals surface area contributed by atoms with Gasteiger partial charge < -0.3 is 39.9 Å². The summed E-state index contributed by atoms with van der Waals surface area (Å²) < 4.78 is 84.3. The molecule has 0 saturated heterocycles. The Labute approximate surface area is 246 Å². The van der Waals surface area contributed by atoms with Crippen LogP contribution in [0, 0.1) is 6.92 Å². The predicted octanol–water partition coefficient (Wildman–Crippen LogP) is 3.42. The number of halogens is 6. The third-order valence-electron chi connectivity index (χ3n) is 4.70.